The predicted molar refractivity (Wildman–Crippen MR) is 72.7 cm³/mol. The number of benzene rings is 1. The van der Waals surface area contributed by atoms with Crippen molar-refractivity contribution in [1.82, 2.24) is 4.98 Å². The Morgan fingerprint density at radius 2 is 2.33 bits per heavy atom. The molecule has 0 atom stereocenters. The van der Waals surface area contributed by atoms with Gasteiger partial charge in [-0.2, -0.15) is 0 Å². The average molecular weight is 283 g/mol. The van der Waals surface area contributed by atoms with Crippen LogP contribution in [0.5, 0.6) is 0 Å². The van der Waals surface area contributed by atoms with Crippen LogP contribution in [-0.2, 0) is 6.42 Å². The molecule has 1 heterocycles. The van der Waals surface area contributed by atoms with Crippen molar-refractivity contribution in [2.24, 2.45) is 0 Å². The molecule has 0 saturated heterocycles. The number of hydrogen-bond acceptors (Lipinski definition) is 4. The Kier molecular flexibility index (Phi) is 4.17. The molecule has 0 amide bonds. The van der Waals surface area contributed by atoms with Gasteiger partial charge >= 0.3 is 5.97 Å². The van der Waals surface area contributed by atoms with Gasteiger partial charge in [0.2, 0.25) is 0 Å². The molecule has 94 valence electrons. The topological polar surface area (TPSA) is 62.2 Å². The molecule has 0 aliphatic rings. The summed E-state index contributed by atoms with van der Waals surface area (Å²) in [4.78, 5) is 15.0. The molecule has 6 heteroatoms. The summed E-state index contributed by atoms with van der Waals surface area (Å²) in [5, 5.41) is 15.5. The predicted octanol–water partition coefficient (Wildman–Crippen LogP) is 3.15. The molecule has 2 rings (SSSR count). The number of thiazole rings is 1. The summed E-state index contributed by atoms with van der Waals surface area (Å²) in [6.45, 7) is 0.663. The van der Waals surface area contributed by atoms with Crippen LogP contribution in [0.1, 0.15) is 15.4 Å². The van der Waals surface area contributed by atoms with Crippen LogP contribution in [0.2, 0.25) is 5.02 Å². The van der Waals surface area contributed by atoms with Crippen LogP contribution in [0.25, 0.3) is 0 Å². The Balaban J connectivity index is 2.00. The van der Waals surface area contributed by atoms with Gasteiger partial charge in [-0.15, -0.1) is 11.3 Å². The van der Waals surface area contributed by atoms with Gasteiger partial charge in [-0.1, -0.05) is 11.6 Å². The molecule has 0 saturated carbocycles. The molecule has 18 heavy (non-hydrogen) atoms. The van der Waals surface area contributed by atoms with E-state index in [2.05, 4.69) is 10.3 Å². The molecule has 0 unspecified atom stereocenters. The molecule has 0 radical (unpaired) electrons. The Morgan fingerprint density at radius 3 is 3.00 bits per heavy atom. The molecular formula is C12H11ClN2O2S. The maximum absolute atomic E-state index is 10.8. The molecule has 0 aliphatic heterocycles. The van der Waals surface area contributed by atoms with Crippen molar-refractivity contribution in [2.75, 3.05) is 11.9 Å². The Bertz CT molecular complexity index is 543. The number of carbonyl (C=O) groups is 1. The lowest BCUT2D eigenvalue weighted by Crippen LogP contribution is -2.06. The van der Waals surface area contributed by atoms with Gasteiger partial charge in [-0.05, 0) is 18.2 Å². The van der Waals surface area contributed by atoms with E-state index in [0.29, 0.717) is 17.3 Å². The maximum Gasteiger partial charge on any atom is 0.335 e. The second-order valence-corrected chi connectivity index (χ2v) is 4.99. The molecule has 2 N–H and O–H groups in total. The molecule has 2 aromatic rings. The fourth-order valence-corrected chi connectivity index (χ4v) is 2.28. The lowest BCUT2D eigenvalue weighted by atomic mass is 10.2. The number of nitrogens with zero attached hydrogens (tertiary/aromatic N) is 1. The maximum atomic E-state index is 10.8. The van der Waals surface area contributed by atoms with E-state index in [0.717, 1.165) is 11.4 Å². The van der Waals surface area contributed by atoms with Crippen molar-refractivity contribution >= 4 is 34.6 Å². The van der Waals surface area contributed by atoms with Gasteiger partial charge in [-0.3, -0.25) is 0 Å². The van der Waals surface area contributed by atoms with E-state index in [4.69, 9.17) is 16.7 Å². The normalized spacial score (nSPS) is 10.3. The summed E-state index contributed by atoms with van der Waals surface area (Å²) in [6.07, 6.45) is 2.54. The quantitative estimate of drug-likeness (QED) is 0.884. The van der Waals surface area contributed by atoms with Gasteiger partial charge in [-0.25, -0.2) is 9.78 Å². The van der Waals surface area contributed by atoms with Crippen molar-refractivity contribution in [3.63, 3.8) is 0 Å². The lowest BCUT2D eigenvalue weighted by molar-refractivity contribution is 0.0697. The minimum Gasteiger partial charge on any atom is -0.478 e. The molecule has 4 nitrogen and oxygen atoms in total. The Morgan fingerprint density at radius 1 is 1.50 bits per heavy atom. The second-order valence-electron chi connectivity index (χ2n) is 3.60. The van der Waals surface area contributed by atoms with Crippen LogP contribution >= 0.6 is 22.9 Å². The van der Waals surface area contributed by atoms with E-state index in [1.165, 1.54) is 12.1 Å². The van der Waals surface area contributed by atoms with E-state index >= 15 is 0 Å². The first kappa shape index (κ1) is 12.9. The van der Waals surface area contributed by atoms with Gasteiger partial charge in [0.05, 0.1) is 21.3 Å². The van der Waals surface area contributed by atoms with E-state index in [9.17, 15) is 4.79 Å². The summed E-state index contributed by atoms with van der Waals surface area (Å²) in [7, 11) is 0. The number of halogens is 1. The molecular weight excluding hydrogens is 272 g/mol. The highest BCUT2D eigenvalue weighted by atomic mass is 35.5. The molecule has 0 fully saturated rings. The van der Waals surface area contributed by atoms with Gasteiger partial charge in [0.1, 0.15) is 0 Å². The largest absolute Gasteiger partial charge is 0.478 e. The zero-order valence-electron chi connectivity index (χ0n) is 9.39. The summed E-state index contributed by atoms with van der Waals surface area (Å²) in [5.41, 5.74) is 0.851. The van der Waals surface area contributed by atoms with Crippen molar-refractivity contribution in [3.8, 4) is 0 Å². The van der Waals surface area contributed by atoms with Crippen LogP contribution in [0.3, 0.4) is 0 Å². The Hall–Kier alpha value is -1.59. The van der Waals surface area contributed by atoms with Crippen molar-refractivity contribution in [2.45, 2.75) is 6.42 Å². The molecule has 1 aromatic carbocycles. The standard InChI is InChI=1S/C12H11ClN2O2S/c13-9-2-1-8(12(16)17)7-10(9)14-4-3-11-15-5-6-18-11/h1-2,5-7,14H,3-4H2,(H,16,17). The fourth-order valence-electron chi connectivity index (χ4n) is 1.47. The fraction of sp³-hybridized carbons (Fsp3) is 0.167. The number of aromatic carboxylic acids is 1. The summed E-state index contributed by atoms with van der Waals surface area (Å²) in [5.74, 6) is -0.963. The van der Waals surface area contributed by atoms with Crippen LogP contribution in [-0.4, -0.2) is 22.6 Å². The summed E-state index contributed by atoms with van der Waals surface area (Å²) < 4.78 is 0. The summed E-state index contributed by atoms with van der Waals surface area (Å²) in [6, 6.07) is 4.60. The van der Waals surface area contributed by atoms with Gasteiger partial charge in [0.25, 0.3) is 0 Å². The number of carboxylic acids is 1. The van der Waals surface area contributed by atoms with E-state index in [1.807, 2.05) is 5.38 Å². The van der Waals surface area contributed by atoms with Crippen molar-refractivity contribution in [3.05, 3.63) is 45.4 Å². The number of carboxylic acid groups (broad SMARTS) is 1. The van der Waals surface area contributed by atoms with Crippen molar-refractivity contribution in [1.29, 1.82) is 0 Å². The molecule has 1 aromatic heterocycles. The highest BCUT2D eigenvalue weighted by molar-refractivity contribution is 7.09. The van der Waals surface area contributed by atoms with Crippen molar-refractivity contribution < 1.29 is 9.90 Å². The third-order valence-electron chi connectivity index (χ3n) is 2.35. The SMILES string of the molecule is O=C(O)c1ccc(Cl)c(NCCc2nccs2)c1. The number of aromatic nitrogens is 1. The minimum atomic E-state index is -0.963. The highest BCUT2D eigenvalue weighted by Crippen LogP contribution is 2.23. The average Bonchev–Trinajstić information content (AvgIpc) is 2.84. The Labute approximate surface area is 113 Å². The minimum absolute atomic E-state index is 0.219. The number of rotatable bonds is 5. The number of nitrogens with one attached hydrogen (secondary N) is 1. The van der Waals surface area contributed by atoms with E-state index in [1.54, 1.807) is 23.6 Å². The summed E-state index contributed by atoms with van der Waals surface area (Å²) >= 11 is 7.59. The first-order valence-electron chi connectivity index (χ1n) is 5.32. The zero-order chi connectivity index (χ0) is 13.0. The van der Waals surface area contributed by atoms with E-state index < -0.39 is 5.97 Å². The second kappa shape index (κ2) is 5.84. The molecule has 0 bridgehead atoms. The highest BCUT2D eigenvalue weighted by Gasteiger charge is 2.07. The van der Waals surface area contributed by atoms with Crippen LogP contribution in [0, 0.1) is 0 Å². The van der Waals surface area contributed by atoms with Crippen LogP contribution in [0.15, 0.2) is 29.8 Å². The third-order valence-corrected chi connectivity index (χ3v) is 3.52. The third kappa shape index (κ3) is 3.21. The zero-order valence-corrected chi connectivity index (χ0v) is 11.0. The van der Waals surface area contributed by atoms with Crippen LogP contribution in [0.4, 0.5) is 5.69 Å². The van der Waals surface area contributed by atoms with Crippen LogP contribution < -0.4 is 5.32 Å². The van der Waals surface area contributed by atoms with Gasteiger partial charge < -0.3 is 10.4 Å². The molecule has 0 spiro atoms. The first-order chi connectivity index (χ1) is 8.66. The van der Waals surface area contributed by atoms with Gasteiger partial charge in [0.15, 0.2) is 0 Å². The van der Waals surface area contributed by atoms with E-state index in [-0.39, 0.29) is 5.56 Å². The number of hydrogen-bond donors (Lipinski definition) is 2. The van der Waals surface area contributed by atoms with Gasteiger partial charge in [0, 0.05) is 24.5 Å². The number of anilines is 1. The lowest BCUT2D eigenvalue weighted by Gasteiger charge is -2.08. The molecule has 0 aliphatic carbocycles. The smallest absolute Gasteiger partial charge is 0.335 e. The monoisotopic (exact) mass is 282 g/mol. The first-order valence-corrected chi connectivity index (χ1v) is 6.57.